The molecule has 0 atom stereocenters. The molecule has 2 aliphatic rings. The third-order valence-corrected chi connectivity index (χ3v) is 4.72. The van der Waals surface area contributed by atoms with E-state index in [1.54, 1.807) is 6.07 Å². The molecule has 0 aromatic heterocycles. The van der Waals surface area contributed by atoms with Crippen LogP contribution in [0.1, 0.15) is 44.1 Å². The van der Waals surface area contributed by atoms with E-state index in [-0.39, 0.29) is 11.3 Å². The van der Waals surface area contributed by atoms with Crippen LogP contribution in [0.15, 0.2) is 12.1 Å². The normalized spacial score (nSPS) is 21.6. The predicted octanol–water partition coefficient (Wildman–Crippen LogP) is 4.54. The summed E-state index contributed by atoms with van der Waals surface area (Å²) in [6, 6.07) is 3.60. The number of halogens is 2. The molecule has 1 aliphatic carbocycles. The summed E-state index contributed by atoms with van der Waals surface area (Å²) in [4.78, 5) is 12.4. The molecule has 0 bridgehead atoms. The van der Waals surface area contributed by atoms with E-state index in [2.05, 4.69) is 5.32 Å². The Kier molecular flexibility index (Phi) is 3.03. The van der Waals surface area contributed by atoms with Gasteiger partial charge in [-0.15, -0.1) is 0 Å². The third-order valence-electron chi connectivity index (χ3n) is 4.20. The Balaban J connectivity index is 2.15. The van der Waals surface area contributed by atoms with Crippen LogP contribution in [0, 0.1) is 0 Å². The van der Waals surface area contributed by atoms with Crippen molar-refractivity contribution in [1.29, 1.82) is 0 Å². The maximum atomic E-state index is 12.4. The van der Waals surface area contributed by atoms with Crippen molar-refractivity contribution >= 4 is 34.8 Å². The van der Waals surface area contributed by atoms with Gasteiger partial charge in [0.05, 0.1) is 16.1 Å². The lowest BCUT2D eigenvalue weighted by atomic mass is 9.75. The molecular weight excluding hydrogens is 269 g/mol. The lowest BCUT2D eigenvalue weighted by molar-refractivity contribution is -0.121. The van der Waals surface area contributed by atoms with E-state index in [0.29, 0.717) is 10.0 Å². The summed E-state index contributed by atoms with van der Waals surface area (Å²) < 4.78 is 0. The molecule has 2 nitrogen and oxygen atoms in total. The van der Waals surface area contributed by atoms with Gasteiger partial charge >= 0.3 is 0 Å². The van der Waals surface area contributed by atoms with Crippen molar-refractivity contribution in [1.82, 2.24) is 0 Å². The van der Waals surface area contributed by atoms with E-state index < -0.39 is 0 Å². The highest BCUT2D eigenvalue weighted by Gasteiger charge is 2.47. The Hall–Kier alpha value is -0.730. The van der Waals surface area contributed by atoms with Gasteiger partial charge in [-0.05, 0) is 30.5 Å². The van der Waals surface area contributed by atoms with E-state index in [9.17, 15) is 4.79 Å². The minimum Gasteiger partial charge on any atom is -0.324 e. The van der Waals surface area contributed by atoms with Crippen LogP contribution in [0.3, 0.4) is 0 Å². The highest BCUT2D eigenvalue weighted by Crippen LogP contribution is 2.49. The SMILES string of the molecule is O=C1Nc2c(Cl)cc(Cl)cc2C12CCCCCC2. The first-order valence-corrected chi connectivity index (χ1v) is 7.20. The zero-order chi connectivity index (χ0) is 12.8. The lowest BCUT2D eigenvalue weighted by Crippen LogP contribution is -2.33. The molecule has 0 radical (unpaired) electrons. The van der Waals surface area contributed by atoms with Crippen molar-refractivity contribution in [2.75, 3.05) is 5.32 Å². The van der Waals surface area contributed by atoms with Crippen molar-refractivity contribution < 1.29 is 4.79 Å². The van der Waals surface area contributed by atoms with E-state index >= 15 is 0 Å². The fraction of sp³-hybridized carbons (Fsp3) is 0.500. The van der Waals surface area contributed by atoms with Crippen molar-refractivity contribution in [3.63, 3.8) is 0 Å². The lowest BCUT2D eigenvalue weighted by Gasteiger charge is -2.25. The Morgan fingerprint density at radius 1 is 1.06 bits per heavy atom. The summed E-state index contributed by atoms with van der Waals surface area (Å²) in [5.41, 5.74) is 1.39. The number of nitrogens with one attached hydrogen (secondary N) is 1. The van der Waals surface area contributed by atoms with Gasteiger partial charge in [0.2, 0.25) is 5.91 Å². The molecule has 18 heavy (non-hydrogen) atoms. The van der Waals surface area contributed by atoms with E-state index in [1.165, 1.54) is 12.8 Å². The highest BCUT2D eigenvalue weighted by molar-refractivity contribution is 6.37. The summed E-state index contributed by atoms with van der Waals surface area (Å²) in [7, 11) is 0. The maximum Gasteiger partial charge on any atom is 0.235 e. The van der Waals surface area contributed by atoms with Gasteiger partial charge in [0.15, 0.2) is 0 Å². The quantitative estimate of drug-likeness (QED) is 0.744. The van der Waals surface area contributed by atoms with Crippen LogP contribution < -0.4 is 5.32 Å². The van der Waals surface area contributed by atoms with Gasteiger partial charge in [-0.1, -0.05) is 48.9 Å². The standard InChI is InChI=1S/C14H15Cl2NO/c15-9-7-10-12(11(16)8-9)17-13(18)14(10)5-3-1-2-4-6-14/h7-8H,1-6H2,(H,17,18). The monoisotopic (exact) mass is 283 g/mol. The molecule has 1 aromatic rings. The van der Waals surface area contributed by atoms with Gasteiger partial charge in [-0.2, -0.15) is 0 Å². The Morgan fingerprint density at radius 3 is 2.39 bits per heavy atom. The van der Waals surface area contributed by atoms with E-state index in [4.69, 9.17) is 23.2 Å². The molecule has 1 heterocycles. The molecule has 1 saturated carbocycles. The molecule has 1 N–H and O–H groups in total. The zero-order valence-electron chi connectivity index (χ0n) is 10.1. The van der Waals surface area contributed by atoms with Gasteiger partial charge in [-0.25, -0.2) is 0 Å². The number of fused-ring (bicyclic) bond motifs is 2. The molecule has 1 spiro atoms. The zero-order valence-corrected chi connectivity index (χ0v) is 11.6. The summed E-state index contributed by atoms with van der Waals surface area (Å²) in [5, 5.41) is 4.11. The van der Waals surface area contributed by atoms with Crippen LogP contribution in [-0.2, 0) is 10.2 Å². The molecule has 0 saturated heterocycles. The van der Waals surface area contributed by atoms with Crippen LogP contribution in [0.25, 0.3) is 0 Å². The molecule has 1 fully saturated rings. The summed E-state index contributed by atoms with van der Waals surface area (Å²) >= 11 is 12.3. The smallest absolute Gasteiger partial charge is 0.235 e. The molecule has 4 heteroatoms. The summed E-state index contributed by atoms with van der Waals surface area (Å²) in [5.74, 6) is 0.101. The number of rotatable bonds is 0. The molecule has 96 valence electrons. The summed E-state index contributed by atoms with van der Waals surface area (Å²) in [6.45, 7) is 0. The molecular formula is C14H15Cl2NO. The van der Waals surface area contributed by atoms with Gasteiger partial charge in [0.25, 0.3) is 0 Å². The second kappa shape index (κ2) is 4.43. The molecule has 3 rings (SSSR count). The first-order chi connectivity index (χ1) is 8.63. The largest absolute Gasteiger partial charge is 0.324 e. The number of anilines is 1. The molecule has 1 amide bonds. The number of carbonyl (C=O) groups is 1. The van der Waals surface area contributed by atoms with Crippen LogP contribution in [-0.4, -0.2) is 5.91 Å². The van der Waals surface area contributed by atoms with Crippen LogP contribution in [0.4, 0.5) is 5.69 Å². The van der Waals surface area contributed by atoms with Crippen LogP contribution in [0.2, 0.25) is 10.0 Å². The second-order valence-corrected chi connectivity index (χ2v) is 6.10. The fourth-order valence-electron chi connectivity index (χ4n) is 3.26. The fourth-order valence-corrected chi connectivity index (χ4v) is 3.80. The van der Waals surface area contributed by atoms with Gasteiger partial charge in [0, 0.05) is 5.02 Å². The van der Waals surface area contributed by atoms with Crippen LogP contribution in [0.5, 0.6) is 0 Å². The summed E-state index contributed by atoms with van der Waals surface area (Å²) in [6.07, 6.45) is 6.41. The Labute approximate surface area is 117 Å². The Morgan fingerprint density at radius 2 is 1.72 bits per heavy atom. The molecule has 1 aromatic carbocycles. The minimum atomic E-state index is -0.389. The average molecular weight is 284 g/mol. The number of hydrogen-bond donors (Lipinski definition) is 1. The number of amides is 1. The van der Waals surface area contributed by atoms with E-state index in [1.807, 2.05) is 6.07 Å². The van der Waals surface area contributed by atoms with Gasteiger partial charge < -0.3 is 5.32 Å². The van der Waals surface area contributed by atoms with Crippen molar-refractivity contribution in [3.8, 4) is 0 Å². The number of hydrogen-bond acceptors (Lipinski definition) is 1. The number of benzene rings is 1. The number of carbonyl (C=O) groups excluding carboxylic acids is 1. The predicted molar refractivity (Wildman–Crippen MR) is 74.5 cm³/mol. The highest BCUT2D eigenvalue weighted by atomic mass is 35.5. The second-order valence-electron chi connectivity index (χ2n) is 5.26. The van der Waals surface area contributed by atoms with Crippen molar-refractivity contribution in [3.05, 3.63) is 27.7 Å². The van der Waals surface area contributed by atoms with Crippen molar-refractivity contribution in [2.45, 2.75) is 43.9 Å². The van der Waals surface area contributed by atoms with Gasteiger partial charge in [-0.3, -0.25) is 4.79 Å². The maximum absolute atomic E-state index is 12.4. The average Bonchev–Trinajstić information content (AvgIpc) is 2.53. The molecule has 0 unspecified atom stereocenters. The third kappa shape index (κ3) is 1.74. The minimum absolute atomic E-state index is 0.101. The molecule has 1 aliphatic heterocycles. The first-order valence-electron chi connectivity index (χ1n) is 6.44. The van der Waals surface area contributed by atoms with Gasteiger partial charge in [0.1, 0.15) is 0 Å². The van der Waals surface area contributed by atoms with E-state index in [0.717, 1.165) is 36.9 Å². The Bertz CT molecular complexity index is 505. The topological polar surface area (TPSA) is 29.1 Å². The van der Waals surface area contributed by atoms with Crippen molar-refractivity contribution in [2.24, 2.45) is 0 Å². The first kappa shape index (κ1) is 12.3. The van der Waals surface area contributed by atoms with Crippen LogP contribution >= 0.6 is 23.2 Å².